The average molecular weight is 713 g/mol. The van der Waals surface area contributed by atoms with E-state index in [-0.39, 0.29) is 0 Å². The number of rotatable bonds is 1. The van der Waals surface area contributed by atoms with E-state index in [2.05, 4.69) is 225 Å². The molecule has 0 N–H and O–H groups in total. The van der Waals surface area contributed by atoms with E-state index in [9.17, 15) is 0 Å². The fourth-order valence-corrected chi connectivity index (χ4v) is 3.98. The molecule has 4 rings (SSSR count). The lowest BCUT2D eigenvalue weighted by Crippen LogP contribution is -1.93. The molecule has 0 aromatic heterocycles. The second-order valence-corrected chi connectivity index (χ2v) is 17.0. The summed E-state index contributed by atoms with van der Waals surface area (Å²) < 4.78 is 0. The van der Waals surface area contributed by atoms with Gasteiger partial charge in [0.25, 0.3) is 0 Å². The first kappa shape index (κ1) is 55.6. The molecule has 0 aliphatic rings. The lowest BCUT2D eigenvalue weighted by atomic mass is 10.0. The molecule has 0 saturated carbocycles. The monoisotopic (exact) mass is 713 g/mol. The van der Waals surface area contributed by atoms with E-state index in [0.29, 0.717) is 5.41 Å². The summed E-state index contributed by atoms with van der Waals surface area (Å²) in [4.78, 5) is 0. The van der Waals surface area contributed by atoms with Crippen LogP contribution in [0.3, 0.4) is 0 Å². The van der Waals surface area contributed by atoms with E-state index in [1.54, 1.807) is 0 Å². The summed E-state index contributed by atoms with van der Waals surface area (Å²) in [6, 6.07) is 26.0. The molecule has 4 aromatic carbocycles. The minimum Gasteiger partial charge on any atom is -0.0683 e. The molecule has 0 heterocycles. The summed E-state index contributed by atoms with van der Waals surface area (Å²) in [6.45, 7) is 51.5. The van der Waals surface area contributed by atoms with Gasteiger partial charge in [-0.05, 0) is 128 Å². The Morgan fingerprint density at radius 1 is 0.385 bits per heavy atom. The van der Waals surface area contributed by atoms with Gasteiger partial charge >= 0.3 is 0 Å². The topological polar surface area (TPSA) is 0 Å². The van der Waals surface area contributed by atoms with E-state index in [1.165, 1.54) is 73.2 Å². The van der Waals surface area contributed by atoms with Crippen LogP contribution in [0.25, 0.3) is 0 Å². The lowest BCUT2D eigenvalue weighted by molar-refractivity contribution is 0.469. The van der Waals surface area contributed by atoms with Crippen LogP contribution in [0.1, 0.15) is 156 Å². The highest BCUT2D eigenvalue weighted by Gasteiger charge is 1.96. The molecule has 0 bridgehead atoms. The van der Waals surface area contributed by atoms with Gasteiger partial charge in [0.15, 0.2) is 0 Å². The Balaban J connectivity index is -0.000000262. The number of hydrogen-bond donors (Lipinski definition) is 0. The van der Waals surface area contributed by atoms with Crippen molar-refractivity contribution in [3.05, 3.63) is 140 Å². The number of hydrogen-bond acceptors (Lipinski definition) is 0. The van der Waals surface area contributed by atoms with Gasteiger partial charge in [0, 0.05) is 0 Å². The van der Waals surface area contributed by atoms with Crippen LogP contribution in [0.2, 0.25) is 0 Å². The minimum absolute atomic E-state index is 0.500. The van der Waals surface area contributed by atoms with Gasteiger partial charge in [-0.25, -0.2) is 0 Å². The standard InChI is InChI=1S/C10H14.2C9H12.C8H10.2C5H12.C4H10.C2H6/c1-7-5-8(2)10(4)9(3)6-7;1-7-4-8(2)6-9(3)5-7;1-7-4-5-8(2)9(3)6-7;1-7-3-5-8(2)6-4-7;1-5(2,3)4;1-4-5(2)3;1-4(2)3;1-2/h5-6H,1-4H3;2*4-6H,1-3H3;3-6H,1-2H3;1-4H3;5H,4H2,1-3H3;4H,1-3H3;1-2H3. The molecule has 0 saturated heterocycles. The molecule has 52 heavy (non-hydrogen) atoms. The molecule has 4 aromatic rings. The molecule has 0 aliphatic carbocycles. The molecule has 0 atom stereocenters. The molecule has 0 aliphatic heterocycles. The molecule has 0 unspecified atom stereocenters. The average Bonchev–Trinajstić information content (AvgIpc) is 3.00. The maximum absolute atomic E-state index is 2.22. The van der Waals surface area contributed by atoms with Gasteiger partial charge in [-0.2, -0.15) is 0 Å². The number of benzene rings is 4. The molecule has 0 heteroatoms. The van der Waals surface area contributed by atoms with Crippen molar-refractivity contribution in [2.45, 2.75) is 173 Å². The van der Waals surface area contributed by atoms with E-state index < -0.39 is 0 Å². The Kier molecular flexibility index (Phi) is 33.6. The van der Waals surface area contributed by atoms with Crippen molar-refractivity contribution < 1.29 is 0 Å². The zero-order valence-corrected chi connectivity index (χ0v) is 39.3. The highest BCUT2D eigenvalue weighted by Crippen LogP contribution is 2.14. The molecule has 0 nitrogen and oxygen atoms in total. The Bertz CT molecular complexity index is 1320. The molecule has 0 amide bonds. The van der Waals surface area contributed by atoms with E-state index in [0.717, 1.165) is 11.8 Å². The zero-order valence-electron chi connectivity index (χ0n) is 39.3. The zero-order chi connectivity index (χ0) is 41.8. The third-order valence-corrected chi connectivity index (χ3v) is 7.13. The van der Waals surface area contributed by atoms with Crippen molar-refractivity contribution >= 4 is 0 Å². The van der Waals surface area contributed by atoms with Crippen LogP contribution < -0.4 is 0 Å². The molecule has 296 valence electrons. The summed E-state index contributed by atoms with van der Waals surface area (Å²) in [5.74, 6) is 1.72. The Hall–Kier alpha value is -3.12. The van der Waals surface area contributed by atoms with Crippen molar-refractivity contribution in [1.29, 1.82) is 0 Å². The minimum atomic E-state index is 0.500. The predicted molar refractivity (Wildman–Crippen MR) is 245 cm³/mol. The van der Waals surface area contributed by atoms with Crippen molar-refractivity contribution in [3.63, 3.8) is 0 Å². The Morgan fingerprint density at radius 2 is 0.615 bits per heavy atom. The van der Waals surface area contributed by atoms with Gasteiger partial charge < -0.3 is 0 Å². The maximum Gasteiger partial charge on any atom is -0.0392 e. The van der Waals surface area contributed by atoms with Crippen molar-refractivity contribution in [3.8, 4) is 0 Å². The second-order valence-electron chi connectivity index (χ2n) is 17.0. The second kappa shape index (κ2) is 31.4. The first-order chi connectivity index (χ1) is 23.8. The maximum atomic E-state index is 2.22. The lowest BCUT2D eigenvalue weighted by Gasteiger charge is -2.05. The quantitative estimate of drug-likeness (QED) is 0.184. The predicted octanol–water partition coefficient (Wildman–Crippen LogP) is 17.2. The molecular weight excluding hydrogens is 625 g/mol. The fourth-order valence-electron chi connectivity index (χ4n) is 3.98. The molecular formula is C52H88. The number of aryl methyl sites for hydroxylation is 11. The van der Waals surface area contributed by atoms with Crippen LogP contribution in [0, 0.1) is 100 Å². The third-order valence-electron chi connectivity index (χ3n) is 7.13. The SMILES string of the molecule is CC.CC(C)(C)C.CC(C)C.CCC(C)C.Cc1cc(C)c(C)c(C)c1.Cc1cc(C)cc(C)c1.Cc1ccc(C)c(C)c1.Cc1ccc(C)cc1. The first-order valence-corrected chi connectivity index (χ1v) is 19.9. The van der Waals surface area contributed by atoms with Gasteiger partial charge in [-0.1, -0.05) is 201 Å². The van der Waals surface area contributed by atoms with E-state index >= 15 is 0 Å². The van der Waals surface area contributed by atoms with Crippen molar-refractivity contribution in [2.24, 2.45) is 17.3 Å². The Labute approximate surface area is 328 Å². The van der Waals surface area contributed by atoms with Gasteiger partial charge in [0.1, 0.15) is 0 Å². The largest absolute Gasteiger partial charge is 0.0683 e. The van der Waals surface area contributed by atoms with Gasteiger partial charge in [-0.3, -0.25) is 0 Å². The van der Waals surface area contributed by atoms with Crippen LogP contribution in [0.4, 0.5) is 0 Å². The van der Waals surface area contributed by atoms with Gasteiger partial charge in [0.2, 0.25) is 0 Å². The van der Waals surface area contributed by atoms with Crippen molar-refractivity contribution in [1.82, 2.24) is 0 Å². The van der Waals surface area contributed by atoms with Gasteiger partial charge in [-0.15, -0.1) is 0 Å². The van der Waals surface area contributed by atoms with Crippen LogP contribution in [0.15, 0.2) is 72.8 Å². The van der Waals surface area contributed by atoms with Crippen LogP contribution in [-0.2, 0) is 0 Å². The normalized spacial score (nSPS) is 9.58. The highest BCUT2D eigenvalue weighted by atomic mass is 14.0. The molecule has 0 radical (unpaired) electrons. The third kappa shape index (κ3) is 39.7. The highest BCUT2D eigenvalue weighted by molar-refractivity contribution is 5.36. The van der Waals surface area contributed by atoms with E-state index in [4.69, 9.17) is 0 Å². The fraction of sp³-hybridized carbons (Fsp3) is 0.538. The smallest absolute Gasteiger partial charge is 0.0392 e. The Morgan fingerprint density at radius 3 is 0.846 bits per heavy atom. The van der Waals surface area contributed by atoms with Crippen LogP contribution in [0.5, 0.6) is 0 Å². The summed E-state index contributed by atoms with van der Waals surface area (Å²) in [5.41, 5.74) is 16.9. The molecule has 0 fully saturated rings. The van der Waals surface area contributed by atoms with Gasteiger partial charge in [0.05, 0.1) is 0 Å². The summed E-state index contributed by atoms with van der Waals surface area (Å²) in [7, 11) is 0. The van der Waals surface area contributed by atoms with Crippen molar-refractivity contribution in [2.75, 3.05) is 0 Å². The first-order valence-electron chi connectivity index (χ1n) is 19.9. The van der Waals surface area contributed by atoms with E-state index in [1.807, 2.05) is 13.8 Å². The molecule has 0 spiro atoms. The summed E-state index contributed by atoms with van der Waals surface area (Å²) in [5, 5.41) is 0. The summed E-state index contributed by atoms with van der Waals surface area (Å²) >= 11 is 0. The van der Waals surface area contributed by atoms with Crippen LogP contribution in [-0.4, -0.2) is 0 Å². The summed E-state index contributed by atoms with van der Waals surface area (Å²) in [6.07, 6.45) is 1.31. The van der Waals surface area contributed by atoms with Crippen LogP contribution >= 0.6 is 0 Å².